The van der Waals surface area contributed by atoms with Crippen molar-refractivity contribution in [1.82, 2.24) is 0 Å². The van der Waals surface area contributed by atoms with E-state index in [1.54, 1.807) is 7.11 Å². The molecule has 0 aliphatic heterocycles. The lowest BCUT2D eigenvalue weighted by molar-refractivity contribution is 0.405. The summed E-state index contributed by atoms with van der Waals surface area (Å²) in [5.41, 5.74) is 6.27. The second-order valence-corrected chi connectivity index (χ2v) is 5.30. The first-order valence-electron chi connectivity index (χ1n) is 6.08. The van der Waals surface area contributed by atoms with Gasteiger partial charge in [-0.25, -0.2) is 8.78 Å². The van der Waals surface area contributed by atoms with Gasteiger partial charge in [0.05, 0.1) is 7.11 Å². The number of nitrogens with two attached hydrogens (primary N) is 1. The first-order valence-corrected chi connectivity index (χ1v) is 7.06. The molecule has 0 heterocycles. The lowest BCUT2D eigenvalue weighted by Gasteiger charge is -2.14. The summed E-state index contributed by atoms with van der Waals surface area (Å²) in [6, 6.07) is 10.5. The minimum atomic E-state index is -0.613. The molecule has 0 amide bonds. The average molecular weight is 295 g/mol. The van der Waals surface area contributed by atoms with Gasteiger partial charge in [-0.1, -0.05) is 18.2 Å². The average Bonchev–Trinajstić information content (AvgIpc) is 2.45. The van der Waals surface area contributed by atoms with E-state index in [-0.39, 0.29) is 0 Å². The molecule has 2 aromatic carbocycles. The van der Waals surface area contributed by atoms with E-state index in [0.29, 0.717) is 11.3 Å². The molecular weight excluding hydrogens is 280 g/mol. The highest BCUT2D eigenvalue weighted by atomic mass is 32.2. The van der Waals surface area contributed by atoms with E-state index in [1.807, 2.05) is 24.3 Å². The standard InChI is InChI=1S/C15H15F2NOS/c1-19-14-4-2-3-5-15(14)20-9-13(18)11-7-6-10(16)8-12(11)17/h2-8,13H,9,18H2,1H3. The number of ether oxygens (including phenoxy) is 1. The zero-order valence-electron chi connectivity index (χ0n) is 11.0. The van der Waals surface area contributed by atoms with Gasteiger partial charge in [-0.05, 0) is 18.2 Å². The summed E-state index contributed by atoms with van der Waals surface area (Å²) in [6.45, 7) is 0. The largest absolute Gasteiger partial charge is 0.496 e. The Balaban J connectivity index is 2.06. The molecule has 2 aromatic rings. The Bertz CT molecular complexity index is 592. The van der Waals surface area contributed by atoms with Crippen molar-refractivity contribution < 1.29 is 13.5 Å². The number of methoxy groups -OCH3 is 1. The maximum atomic E-state index is 13.6. The number of benzene rings is 2. The molecule has 1 unspecified atom stereocenters. The summed E-state index contributed by atoms with van der Waals surface area (Å²) in [6.07, 6.45) is 0. The quantitative estimate of drug-likeness (QED) is 0.853. The number of rotatable bonds is 5. The molecular formula is C15H15F2NOS. The monoisotopic (exact) mass is 295 g/mol. The molecule has 20 heavy (non-hydrogen) atoms. The molecule has 0 aliphatic rings. The molecule has 0 radical (unpaired) electrons. The molecule has 0 aliphatic carbocycles. The number of thioether (sulfide) groups is 1. The van der Waals surface area contributed by atoms with Crippen LogP contribution in [0.3, 0.4) is 0 Å². The normalized spacial score (nSPS) is 12.2. The fourth-order valence-electron chi connectivity index (χ4n) is 1.81. The number of hydrogen-bond acceptors (Lipinski definition) is 3. The summed E-state index contributed by atoms with van der Waals surface area (Å²) in [5, 5.41) is 0. The van der Waals surface area contributed by atoms with Gasteiger partial charge in [-0.15, -0.1) is 11.8 Å². The van der Waals surface area contributed by atoms with E-state index in [9.17, 15) is 8.78 Å². The van der Waals surface area contributed by atoms with Crippen LogP contribution < -0.4 is 10.5 Å². The van der Waals surface area contributed by atoms with Crippen molar-refractivity contribution >= 4 is 11.8 Å². The summed E-state index contributed by atoms with van der Waals surface area (Å²) < 4.78 is 31.7. The third-order valence-corrected chi connectivity index (χ3v) is 4.02. The molecule has 0 aromatic heterocycles. The van der Waals surface area contributed by atoms with Crippen LogP contribution in [0.4, 0.5) is 8.78 Å². The molecule has 2 rings (SSSR count). The van der Waals surface area contributed by atoms with Gasteiger partial charge in [-0.3, -0.25) is 0 Å². The van der Waals surface area contributed by atoms with Crippen molar-refractivity contribution in [2.45, 2.75) is 10.9 Å². The lowest BCUT2D eigenvalue weighted by atomic mass is 10.1. The summed E-state index contributed by atoms with van der Waals surface area (Å²) in [7, 11) is 1.60. The fourth-order valence-corrected chi connectivity index (χ4v) is 2.82. The second-order valence-electron chi connectivity index (χ2n) is 4.23. The Hall–Kier alpha value is -1.59. The molecule has 0 spiro atoms. The minimum absolute atomic E-state index is 0.314. The van der Waals surface area contributed by atoms with Crippen molar-refractivity contribution in [2.24, 2.45) is 5.73 Å². The van der Waals surface area contributed by atoms with Crippen LogP contribution in [-0.2, 0) is 0 Å². The van der Waals surface area contributed by atoms with Gasteiger partial charge in [0.25, 0.3) is 0 Å². The van der Waals surface area contributed by atoms with Crippen LogP contribution in [0.1, 0.15) is 11.6 Å². The van der Waals surface area contributed by atoms with Crippen molar-refractivity contribution in [3.05, 3.63) is 59.7 Å². The van der Waals surface area contributed by atoms with Crippen LogP contribution in [0, 0.1) is 11.6 Å². The van der Waals surface area contributed by atoms with Crippen LogP contribution in [0.15, 0.2) is 47.4 Å². The molecule has 106 valence electrons. The van der Waals surface area contributed by atoms with Crippen molar-refractivity contribution in [3.63, 3.8) is 0 Å². The zero-order chi connectivity index (χ0) is 14.5. The minimum Gasteiger partial charge on any atom is -0.496 e. The summed E-state index contributed by atoms with van der Waals surface area (Å²) in [4.78, 5) is 0.938. The van der Waals surface area contributed by atoms with Crippen LogP contribution >= 0.6 is 11.8 Å². The Morgan fingerprint density at radius 3 is 2.65 bits per heavy atom. The SMILES string of the molecule is COc1ccccc1SCC(N)c1ccc(F)cc1F. The highest BCUT2D eigenvalue weighted by Crippen LogP contribution is 2.31. The van der Waals surface area contributed by atoms with Gasteiger partial charge in [0.1, 0.15) is 17.4 Å². The van der Waals surface area contributed by atoms with Crippen LogP contribution in [0.5, 0.6) is 5.75 Å². The van der Waals surface area contributed by atoms with Crippen LogP contribution in [-0.4, -0.2) is 12.9 Å². The molecule has 2 nitrogen and oxygen atoms in total. The molecule has 1 atom stereocenters. The van der Waals surface area contributed by atoms with Crippen LogP contribution in [0.2, 0.25) is 0 Å². The van der Waals surface area contributed by atoms with E-state index in [4.69, 9.17) is 10.5 Å². The first kappa shape index (κ1) is 14.8. The Morgan fingerprint density at radius 1 is 1.20 bits per heavy atom. The van der Waals surface area contributed by atoms with E-state index >= 15 is 0 Å². The Kier molecular flexibility index (Phi) is 4.98. The highest BCUT2D eigenvalue weighted by Gasteiger charge is 2.13. The lowest BCUT2D eigenvalue weighted by Crippen LogP contribution is -2.15. The van der Waals surface area contributed by atoms with Crippen molar-refractivity contribution in [2.75, 3.05) is 12.9 Å². The number of halogens is 2. The van der Waals surface area contributed by atoms with Gasteiger partial charge in [0, 0.05) is 28.3 Å². The smallest absolute Gasteiger partial charge is 0.132 e. The maximum absolute atomic E-state index is 13.6. The molecule has 0 saturated heterocycles. The zero-order valence-corrected chi connectivity index (χ0v) is 11.8. The van der Waals surface area contributed by atoms with Gasteiger partial charge in [-0.2, -0.15) is 0 Å². The van der Waals surface area contributed by atoms with Gasteiger partial charge < -0.3 is 10.5 Å². The maximum Gasteiger partial charge on any atom is 0.132 e. The van der Waals surface area contributed by atoms with Crippen molar-refractivity contribution in [1.29, 1.82) is 0 Å². The van der Waals surface area contributed by atoms with E-state index in [0.717, 1.165) is 16.7 Å². The fraction of sp³-hybridized carbons (Fsp3) is 0.200. The van der Waals surface area contributed by atoms with E-state index in [1.165, 1.54) is 23.9 Å². The summed E-state index contributed by atoms with van der Waals surface area (Å²) >= 11 is 1.48. The Labute approximate surface area is 120 Å². The number of para-hydroxylation sites is 1. The third kappa shape index (κ3) is 3.49. The van der Waals surface area contributed by atoms with Gasteiger partial charge in [0.15, 0.2) is 0 Å². The number of hydrogen-bond donors (Lipinski definition) is 1. The predicted octanol–water partition coefficient (Wildman–Crippen LogP) is 3.77. The topological polar surface area (TPSA) is 35.2 Å². The van der Waals surface area contributed by atoms with E-state index in [2.05, 4.69) is 0 Å². The van der Waals surface area contributed by atoms with Gasteiger partial charge >= 0.3 is 0 Å². The van der Waals surface area contributed by atoms with Crippen molar-refractivity contribution in [3.8, 4) is 5.75 Å². The second kappa shape index (κ2) is 6.72. The van der Waals surface area contributed by atoms with E-state index < -0.39 is 17.7 Å². The van der Waals surface area contributed by atoms with Gasteiger partial charge in [0.2, 0.25) is 0 Å². The Morgan fingerprint density at radius 2 is 1.95 bits per heavy atom. The molecule has 2 N–H and O–H groups in total. The third-order valence-electron chi connectivity index (χ3n) is 2.85. The molecule has 5 heteroatoms. The predicted molar refractivity (Wildman–Crippen MR) is 77.0 cm³/mol. The molecule has 0 bridgehead atoms. The first-order chi connectivity index (χ1) is 9.61. The van der Waals surface area contributed by atoms with Crippen LogP contribution in [0.25, 0.3) is 0 Å². The molecule has 0 saturated carbocycles. The summed E-state index contributed by atoms with van der Waals surface area (Å²) in [5.74, 6) is 0.0152. The molecule has 0 fully saturated rings. The highest BCUT2D eigenvalue weighted by molar-refractivity contribution is 7.99.